The quantitative estimate of drug-likeness (QED) is 0.390. The first-order valence-electron chi connectivity index (χ1n) is 10.7. The third-order valence-electron chi connectivity index (χ3n) is 5.35. The molecule has 1 aromatic heterocycles. The molecule has 1 N–H and O–H groups in total. The first-order chi connectivity index (χ1) is 16.1. The van der Waals surface area contributed by atoms with Crippen molar-refractivity contribution in [2.75, 3.05) is 7.11 Å². The summed E-state index contributed by atoms with van der Waals surface area (Å²) in [5, 5.41) is 2.83. The summed E-state index contributed by atoms with van der Waals surface area (Å²) in [6, 6.07) is 28.5. The normalized spacial score (nSPS) is 10.5. The number of Topliss-reactive ketones (excluding diaryl/α,β-unsaturated/α-hetero) is 1. The van der Waals surface area contributed by atoms with Gasteiger partial charge in [-0.1, -0.05) is 60.7 Å². The highest BCUT2D eigenvalue weighted by molar-refractivity contribution is 6.03. The third-order valence-corrected chi connectivity index (χ3v) is 5.35. The van der Waals surface area contributed by atoms with Gasteiger partial charge in [0.15, 0.2) is 5.78 Å². The molecule has 164 valence electrons. The highest BCUT2D eigenvalue weighted by Gasteiger charge is 2.16. The minimum Gasteiger partial charge on any atom is -0.496 e. The Labute approximate surface area is 193 Å². The highest BCUT2D eigenvalue weighted by atomic mass is 16.5. The molecule has 5 nitrogen and oxygen atoms in total. The third kappa shape index (κ3) is 5.52. The molecule has 0 aliphatic rings. The second kappa shape index (κ2) is 10.4. The van der Waals surface area contributed by atoms with Gasteiger partial charge in [-0.15, -0.1) is 0 Å². The van der Waals surface area contributed by atoms with Crippen LogP contribution in [0.1, 0.15) is 32.0 Å². The van der Waals surface area contributed by atoms with Gasteiger partial charge in [0.05, 0.1) is 24.9 Å². The fourth-order valence-corrected chi connectivity index (χ4v) is 3.56. The molecule has 0 spiro atoms. The van der Waals surface area contributed by atoms with E-state index in [1.54, 1.807) is 24.4 Å². The molecular weight excluding hydrogens is 412 g/mol. The number of benzene rings is 3. The lowest BCUT2D eigenvalue weighted by molar-refractivity contribution is 0.0947. The van der Waals surface area contributed by atoms with Crippen LogP contribution in [0.2, 0.25) is 0 Å². The van der Waals surface area contributed by atoms with Crippen LogP contribution in [0.15, 0.2) is 97.2 Å². The minimum atomic E-state index is -0.320. The molecular formula is C28H24N2O3. The maximum Gasteiger partial charge on any atom is 0.255 e. The van der Waals surface area contributed by atoms with E-state index < -0.39 is 0 Å². The predicted molar refractivity (Wildman–Crippen MR) is 128 cm³/mol. The van der Waals surface area contributed by atoms with Gasteiger partial charge < -0.3 is 10.1 Å². The summed E-state index contributed by atoms with van der Waals surface area (Å²) in [6.07, 6.45) is 1.92. The van der Waals surface area contributed by atoms with E-state index in [0.29, 0.717) is 16.9 Å². The lowest BCUT2D eigenvalue weighted by Crippen LogP contribution is -2.24. The summed E-state index contributed by atoms with van der Waals surface area (Å²) < 4.78 is 5.34. The van der Waals surface area contributed by atoms with E-state index in [0.717, 1.165) is 22.4 Å². The van der Waals surface area contributed by atoms with Gasteiger partial charge in [-0.25, -0.2) is 0 Å². The van der Waals surface area contributed by atoms with Crippen molar-refractivity contribution in [3.05, 3.63) is 120 Å². The number of ether oxygens (including phenoxy) is 1. The van der Waals surface area contributed by atoms with Crippen molar-refractivity contribution in [1.82, 2.24) is 10.3 Å². The van der Waals surface area contributed by atoms with Gasteiger partial charge in [0.2, 0.25) is 0 Å². The van der Waals surface area contributed by atoms with Gasteiger partial charge in [0.25, 0.3) is 5.91 Å². The van der Waals surface area contributed by atoms with Crippen molar-refractivity contribution < 1.29 is 14.3 Å². The van der Waals surface area contributed by atoms with Crippen molar-refractivity contribution >= 4 is 11.7 Å². The van der Waals surface area contributed by atoms with E-state index in [4.69, 9.17) is 4.74 Å². The fraction of sp³-hybridized carbons (Fsp3) is 0.107. The Balaban J connectivity index is 1.47. The van der Waals surface area contributed by atoms with Gasteiger partial charge in [0, 0.05) is 18.2 Å². The SMILES string of the molecule is COc1ccc(C(=O)Cc2ccc(-c3ccccc3)cc2)cc1C(=O)NCc1ccccn1. The summed E-state index contributed by atoms with van der Waals surface area (Å²) in [5.74, 6) is 0.0283. The second-order valence-electron chi connectivity index (χ2n) is 7.58. The summed E-state index contributed by atoms with van der Waals surface area (Å²) in [5.41, 5.74) is 4.67. The van der Waals surface area contributed by atoms with E-state index in [1.807, 2.05) is 60.7 Å². The molecule has 0 aliphatic carbocycles. The maximum absolute atomic E-state index is 12.9. The Kier molecular flexibility index (Phi) is 6.90. The number of nitrogens with one attached hydrogen (secondary N) is 1. The molecule has 5 heteroatoms. The van der Waals surface area contributed by atoms with Crippen molar-refractivity contribution in [3.63, 3.8) is 0 Å². The molecule has 0 radical (unpaired) electrons. The number of amides is 1. The van der Waals surface area contributed by atoms with Crippen molar-refractivity contribution in [2.45, 2.75) is 13.0 Å². The number of methoxy groups -OCH3 is 1. The van der Waals surface area contributed by atoms with Gasteiger partial charge in [-0.05, 0) is 47.0 Å². The standard InChI is InChI=1S/C28H24N2O3/c1-33-27-15-14-23(18-25(27)28(32)30-19-24-9-5-6-16-29-24)26(31)17-20-10-12-22(13-11-20)21-7-3-2-4-8-21/h2-16,18H,17,19H2,1H3,(H,30,32). The number of rotatable bonds is 8. The number of aromatic nitrogens is 1. The Morgan fingerprint density at radius 1 is 0.848 bits per heavy atom. The molecule has 1 heterocycles. The van der Waals surface area contributed by atoms with Crippen LogP contribution >= 0.6 is 0 Å². The zero-order chi connectivity index (χ0) is 23.0. The van der Waals surface area contributed by atoms with Crippen LogP contribution in [0, 0.1) is 0 Å². The van der Waals surface area contributed by atoms with Crippen LogP contribution in [0.25, 0.3) is 11.1 Å². The molecule has 4 aromatic rings. The van der Waals surface area contributed by atoms with E-state index in [2.05, 4.69) is 22.4 Å². The zero-order valence-corrected chi connectivity index (χ0v) is 18.3. The predicted octanol–water partition coefficient (Wildman–Crippen LogP) is 5.11. The van der Waals surface area contributed by atoms with Crippen molar-refractivity contribution in [3.8, 4) is 16.9 Å². The molecule has 0 saturated heterocycles. The molecule has 0 saturated carbocycles. The Hall–Kier alpha value is -4.25. The zero-order valence-electron chi connectivity index (χ0n) is 18.3. The van der Waals surface area contributed by atoms with E-state index >= 15 is 0 Å². The number of ketones is 1. The molecule has 0 atom stereocenters. The topological polar surface area (TPSA) is 68.3 Å². The smallest absolute Gasteiger partial charge is 0.255 e. The molecule has 33 heavy (non-hydrogen) atoms. The molecule has 4 rings (SSSR count). The van der Waals surface area contributed by atoms with Gasteiger partial charge in [-0.3, -0.25) is 14.6 Å². The molecule has 0 unspecified atom stereocenters. The Morgan fingerprint density at radius 2 is 1.58 bits per heavy atom. The van der Waals surface area contributed by atoms with Crippen molar-refractivity contribution in [2.24, 2.45) is 0 Å². The number of pyridine rings is 1. The van der Waals surface area contributed by atoms with Crippen LogP contribution in [-0.2, 0) is 13.0 Å². The van der Waals surface area contributed by atoms with Crippen LogP contribution in [0.3, 0.4) is 0 Å². The van der Waals surface area contributed by atoms with Gasteiger partial charge >= 0.3 is 0 Å². The molecule has 1 amide bonds. The van der Waals surface area contributed by atoms with Crippen LogP contribution in [-0.4, -0.2) is 23.8 Å². The average Bonchev–Trinajstić information content (AvgIpc) is 2.88. The summed E-state index contributed by atoms with van der Waals surface area (Å²) in [7, 11) is 1.50. The lowest BCUT2D eigenvalue weighted by atomic mass is 9.98. The minimum absolute atomic E-state index is 0.0658. The summed E-state index contributed by atoms with van der Waals surface area (Å²) >= 11 is 0. The fourth-order valence-electron chi connectivity index (χ4n) is 3.56. The van der Waals surface area contributed by atoms with Gasteiger partial charge in [0.1, 0.15) is 5.75 Å². The molecule has 0 fully saturated rings. The molecule has 0 aliphatic heterocycles. The van der Waals surface area contributed by atoms with E-state index in [1.165, 1.54) is 7.11 Å². The lowest BCUT2D eigenvalue weighted by Gasteiger charge is -2.11. The first kappa shape index (κ1) is 22.0. The number of carbonyl (C=O) groups is 2. The second-order valence-corrected chi connectivity index (χ2v) is 7.58. The number of carbonyl (C=O) groups excluding carboxylic acids is 2. The Morgan fingerprint density at radius 3 is 2.27 bits per heavy atom. The summed E-state index contributed by atoms with van der Waals surface area (Å²) in [6.45, 7) is 0.286. The Bertz CT molecular complexity index is 1240. The largest absolute Gasteiger partial charge is 0.496 e. The average molecular weight is 437 g/mol. The molecule has 0 bridgehead atoms. The number of nitrogens with zero attached hydrogens (tertiary/aromatic N) is 1. The number of hydrogen-bond acceptors (Lipinski definition) is 4. The first-order valence-corrected chi connectivity index (χ1v) is 10.7. The van der Waals surface area contributed by atoms with Crippen LogP contribution in [0.5, 0.6) is 5.75 Å². The van der Waals surface area contributed by atoms with E-state index in [9.17, 15) is 9.59 Å². The monoisotopic (exact) mass is 436 g/mol. The molecule has 3 aromatic carbocycles. The highest BCUT2D eigenvalue weighted by Crippen LogP contribution is 2.23. The van der Waals surface area contributed by atoms with Crippen LogP contribution in [0.4, 0.5) is 0 Å². The number of hydrogen-bond donors (Lipinski definition) is 1. The van der Waals surface area contributed by atoms with Crippen molar-refractivity contribution in [1.29, 1.82) is 0 Å². The summed E-state index contributed by atoms with van der Waals surface area (Å²) in [4.78, 5) is 29.9. The van der Waals surface area contributed by atoms with Crippen LogP contribution < -0.4 is 10.1 Å². The van der Waals surface area contributed by atoms with E-state index in [-0.39, 0.29) is 24.7 Å². The van der Waals surface area contributed by atoms with Gasteiger partial charge in [-0.2, -0.15) is 0 Å². The maximum atomic E-state index is 12.9.